The molecule has 2 rings (SSSR count). The third kappa shape index (κ3) is 2.31. The molecule has 0 atom stereocenters. The average molecular weight is 282 g/mol. The summed E-state index contributed by atoms with van der Waals surface area (Å²) in [5.74, 6) is 0. The lowest BCUT2D eigenvalue weighted by atomic mass is 10.2. The molecule has 0 bridgehead atoms. The van der Waals surface area contributed by atoms with Crippen molar-refractivity contribution in [2.45, 2.75) is 13.3 Å². The molecule has 0 unspecified atom stereocenters. The van der Waals surface area contributed by atoms with Gasteiger partial charge < -0.3 is 5.11 Å². The maximum atomic E-state index is 8.81. The minimum Gasteiger partial charge on any atom is -0.396 e. The first-order valence-corrected chi connectivity index (χ1v) is 5.78. The highest BCUT2D eigenvalue weighted by molar-refractivity contribution is 9.10. The van der Waals surface area contributed by atoms with Crippen molar-refractivity contribution in [3.63, 3.8) is 0 Å². The Labute approximate surface area is 102 Å². The van der Waals surface area contributed by atoms with E-state index in [1.807, 2.05) is 31.3 Å². The second-order valence-electron chi connectivity index (χ2n) is 3.56. The number of rotatable bonds is 3. The van der Waals surface area contributed by atoms with E-state index in [-0.39, 0.29) is 6.61 Å². The number of aliphatic hydroxyl groups excluding tert-OH is 1. The molecule has 1 aromatic carbocycles. The van der Waals surface area contributed by atoms with E-state index in [0.29, 0.717) is 6.42 Å². The number of hydrogen-bond donors (Lipinski definition) is 1. The molecule has 0 radical (unpaired) electrons. The van der Waals surface area contributed by atoms with Crippen LogP contribution in [0.4, 0.5) is 0 Å². The molecule has 0 saturated carbocycles. The Morgan fingerprint density at radius 3 is 3.00 bits per heavy atom. The normalized spacial score (nSPS) is 10.7. The van der Waals surface area contributed by atoms with Gasteiger partial charge in [-0.1, -0.05) is 27.2 Å². The van der Waals surface area contributed by atoms with Gasteiger partial charge in [-0.25, -0.2) is 4.68 Å². The van der Waals surface area contributed by atoms with Crippen LogP contribution < -0.4 is 0 Å². The lowest BCUT2D eigenvalue weighted by Crippen LogP contribution is -1.97. The van der Waals surface area contributed by atoms with Crippen molar-refractivity contribution >= 4 is 15.9 Å². The van der Waals surface area contributed by atoms with Crippen molar-refractivity contribution in [2.24, 2.45) is 0 Å². The average Bonchev–Trinajstić information content (AvgIpc) is 2.71. The Hall–Kier alpha value is -1.20. The third-order valence-electron chi connectivity index (χ3n) is 2.33. The summed E-state index contributed by atoms with van der Waals surface area (Å²) in [6.07, 6.45) is 2.37. The van der Waals surface area contributed by atoms with Crippen molar-refractivity contribution in [3.8, 4) is 5.69 Å². The van der Waals surface area contributed by atoms with Crippen LogP contribution in [0, 0.1) is 6.92 Å². The number of aromatic nitrogens is 3. The van der Waals surface area contributed by atoms with Gasteiger partial charge in [-0.05, 0) is 24.6 Å². The van der Waals surface area contributed by atoms with E-state index in [1.54, 1.807) is 4.68 Å². The van der Waals surface area contributed by atoms with Crippen LogP contribution in [0.2, 0.25) is 0 Å². The molecule has 16 heavy (non-hydrogen) atoms. The number of nitrogens with zero attached hydrogens (tertiary/aromatic N) is 3. The van der Waals surface area contributed by atoms with Crippen LogP contribution in [0.25, 0.3) is 5.69 Å². The Balaban J connectivity index is 2.38. The summed E-state index contributed by atoms with van der Waals surface area (Å²) in [5, 5.41) is 16.8. The predicted octanol–water partition coefficient (Wildman–Crippen LogP) is 1.87. The monoisotopic (exact) mass is 281 g/mol. The molecule has 2 aromatic rings. The summed E-state index contributed by atoms with van der Waals surface area (Å²) in [6, 6.07) is 6.00. The van der Waals surface area contributed by atoms with E-state index in [9.17, 15) is 0 Å². The highest BCUT2D eigenvalue weighted by Crippen LogP contribution is 2.19. The molecule has 0 aliphatic rings. The quantitative estimate of drug-likeness (QED) is 0.935. The molecule has 0 amide bonds. The molecule has 0 aliphatic heterocycles. The molecule has 4 nitrogen and oxygen atoms in total. The summed E-state index contributed by atoms with van der Waals surface area (Å²) in [4.78, 5) is 0. The van der Waals surface area contributed by atoms with Crippen molar-refractivity contribution in [1.29, 1.82) is 0 Å². The fraction of sp³-hybridized carbons (Fsp3) is 0.273. The summed E-state index contributed by atoms with van der Waals surface area (Å²) in [6.45, 7) is 2.12. The minimum absolute atomic E-state index is 0.0934. The molecule has 1 aromatic heterocycles. The Morgan fingerprint density at radius 1 is 1.44 bits per heavy atom. The first-order valence-electron chi connectivity index (χ1n) is 4.99. The van der Waals surface area contributed by atoms with Crippen molar-refractivity contribution in [3.05, 3.63) is 40.1 Å². The molecule has 0 fully saturated rings. The lowest BCUT2D eigenvalue weighted by molar-refractivity contribution is 0.298. The number of hydrogen-bond acceptors (Lipinski definition) is 3. The topological polar surface area (TPSA) is 50.9 Å². The maximum absolute atomic E-state index is 8.81. The van der Waals surface area contributed by atoms with E-state index < -0.39 is 0 Å². The highest BCUT2D eigenvalue weighted by Gasteiger charge is 2.05. The summed E-state index contributed by atoms with van der Waals surface area (Å²) in [5.41, 5.74) is 2.91. The number of benzene rings is 1. The van der Waals surface area contributed by atoms with Gasteiger partial charge in [0.2, 0.25) is 0 Å². The van der Waals surface area contributed by atoms with E-state index >= 15 is 0 Å². The van der Waals surface area contributed by atoms with Gasteiger partial charge in [-0.3, -0.25) is 0 Å². The zero-order chi connectivity index (χ0) is 11.5. The molecule has 0 saturated heterocycles. The fourth-order valence-corrected chi connectivity index (χ4v) is 1.82. The van der Waals surface area contributed by atoms with Crippen LogP contribution in [0.1, 0.15) is 11.3 Å². The number of aliphatic hydroxyl groups is 1. The van der Waals surface area contributed by atoms with Crippen LogP contribution in [-0.4, -0.2) is 26.7 Å². The maximum Gasteiger partial charge on any atom is 0.0854 e. The highest BCUT2D eigenvalue weighted by atomic mass is 79.9. The van der Waals surface area contributed by atoms with E-state index in [1.165, 1.54) is 0 Å². The van der Waals surface area contributed by atoms with E-state index in [2.05, 4.69) is 26.2 Å². The third-order valence-corrected chi connectivity index (χ3v) is 2.82. The molecule has 5 heteroatoms. The van der Waals surface area contributed by atoms with Crippen LogP contribution in [0.3, 0.4) is 0 Å². The predicted molar refractivity (Wildman–Crippen MR) is 64.6 cm³/mol. The second-order valence-corrected chi connectivity index (χ2v) is 4.47. The van der Waals surface area contributed by atoms with Gasteiger partial charge in [-0.15, -0.1) is 5.10 Å². The van der Waals surface area contributed by atoms with Crippen LogP contribution in [0.5, 0.6) is 0 Å². The van der Waals surface area contributed by atoms with Crippen LogP contribution in [0.15, 0.2) is 28.9 Å². The van der Waals surface area contributed by atoms with Gasteiger partial charge >= 0.3 is 0 Å². The Morgan fingerprint density at radius 2 is 2.25 bits per heavy atom. The molecular weight excluding hydrogens is 270 g/mol. The zero-order valence-electron chi connectivity index (χ0n) is 8.89. The first kappa shape index (κ1) is 11.3. The fourth-order valence-electron chi connectivity index (χ4n) is 1.47. The van der Waals surface area contributed by atoms with Gasteiger partial charge in [0.05, 0.1) is 17.6 Å². The smallest absolute Gasteiger partial charge is 0.0854 e. The van der Waals surface area contributed by atoms with Crippen LogP contribution >= 0.6 is 15.9 Å². The molecule has 0 spiro atoms. The molecule has 0 aliphatic carbocycles. The summed E-state index contributed by atoms with van der Waals surface area (Å²) < 4.78 is 2.73. The van der Waals surface area contributed by atoms with Gasteiger partial charge in [-0.2, -0.15) is 0 Å². The Kier molecular flexibility index (Phi) is 3.36. The number of aryl methyl sites for hydroxylation is 1. The molecule has 1 N–H and O–H groups in total. The zero-order valence-corrected chi connectivity index (χ0v) is 10.5. The van der Waals surface area contributed by atoms with E-state index in [4.69, 9.17) is 5.11 Å². The summed E-state index contributed by atoms with van der Waals surface area (Å²) in [7, 11) is 0. The van der Waals surface area contributed by atoms with Crippen molar-refractivity contribution in [2.75, 3.05) is 6.61 Å². The van der Waals surface area contributed by atoms with Gasteiger partial charge in [0, 0.05) is 17.5 Å². The van der Waals surface area contributed by atoms with Gasteiger partial charge in [0.15, 0.2) is 0 Å². The minimum atomic E-state index is 0.0934. The summed E-state index contributed by atoms with van der Waals surface area (Å²) >= 11 is 3.43. The van der Waals surface area contributed by atoms with Crippen LogP contribution in [-0.2, 0) is 6.42 Å². The number of halogens is 1. The van der Waals surface area contributed by atoms with Gasteiger partial charge in [0.25, 0.3) is 0 Å². The molecular formula is C11H12BrN3O. The molecule has 1 heterocycles. The van der Waals surface area contributed by atoms with Crippen molar-refractivity contribution in [1.82, 2.24) is 15.0 Å². The first-order chi connectivity index (χ1) is 7.70. The Bertz CT molecular complexity index is 496. The molecule has 84 valence electrons. The lowest BCUT2D eigenvalue weighted by Gasteiger charge is -2.04. The van der Waals surface area contributed by atoms with Gasteiger partial charge in [0.1, 0.15) is 0 Å². The second kappa shape index (κ2) is 4.76. The van der Waals surface area contributed by atoms with E-state index in [0.717, 1.165) is 21.4 Å². The SMILES string of the molecule is Cc1ccc(Br)cc1-n1cc(CCO)nn1. The standard InChI is InChI=1S/C11H12BrN3O/c1-8-2-3-9(12)6-11(8)15-7-10(4-5-16)13-14-15/h2-3,6-7,16H,4-5H2,1H3. The largest absolute Gasteiger partial charge is 0.396 e. The van der Waals surface area contributed by atoms with Crippen molar-refractivity contribution < 1.29 is 5.11 Å².